The molecule has 40 heavy (non-hydrogen) atoms. The molecule has 0 atom stereocenters. The van der Waals surface area contributed by atoms with Crippen LogP contribution >= 0.6 is 0 Å². The van der Waals surface area contributed by atoms with Crippen molar-refractivity contribution in [3.8, 4) is 11.4 Å². The van der Waals surface area contributed by atoms with E-state index in [1.807, 2.05) is 0 Å². The van der Waals surface area contributed by atoms with Crippen molar-refractivity contribution in [1.82, 2.24) is 9.13 Å². The number of fused-ring (bicyclic) bond motifs is 8. The summed E-state index contributed by atoms with van der Waals surface area (Å²) in [6, 6.07) is 53.1. The van der Waals surface area contributed by atoms with Crippen LogP contribution in [0.3, 0.4) is 0 Å². The zero-order chi connectivity index (χ0) is 26.2. The van der Waals surface area contributed by atoms with E-state index < -0.39 is 0 Å². The van der Waals surface area contributed by atoms with Gasteiger partial charge in [0.05, 0.1) is 27.8 Å². The zero-order valence-corrected chi connectivity index (χ0v) is 21.8. The van der Waals surface area contributed by atoms with Crippen LogP contribution in [0.25, 0.3) is 76.5 Å². The van der Waals surface area contributed by atoms with Gasteiger partial charge >= 0.3 is 0 Å². The van der Waals surface area contributed by atoms with Crippen LogP contribution in [0.2, 0.25) is 0 Å². The first-order valence-corrected chi connectivity index (χ1v) is 13.8. The third-order valence-corrected chi connectivity index (χ3v) is 8.45. The summed E-state index contributed by atoms with van der Waals surface area (Å²) < 4.78 is 4.89. The average molecular weight is 509 g/mol. The summed E-state index contributed by atoms with van der Waals surface area (Å²) >= 11 is 0. The molecule has 0 saturated carbocycles. The molecule has 0 spiro atoms. The van der Waals surface area contributed by atoms with Crippen LogP contribution in [0.1, 0.15) is 0 Å². The standard InChI is InChI=1S/C38H24N2/c1-2-15-28(16-3-1)39-35-19-9-8-18-30(35)32-23-38-33(24-37(32)39)31-21-26-12-4-5-13-27(26)22-36(31)40(38)34-20-10-14-25-11-6-7-17-29(25)34/h1-24H. The molecule has 0 N–H and O–H groups in total. The molecule has 0 radical (unpaired) electrons. The van der Waals surface area contributed by atoms with E-state index in [1.165, 1.54) is 76.5 Å². The van der Waals surface area contributed by atoms with Gasteiger partial charge in [-0.3, -0.25) is 0 Å². The second-order valence-electron chi connectivity index (χ2n) is 10.6. The Labute approximate surface area is 230 Å². The Morgan fingerprint density at radius 3 is 1.68 bits per heavy atom. The number of benzene rings is 7. The highest BCUT2D eigenvalue weighted by Gasteiger charge is 2.19. The van der Waals surface area contributed by atoms with Gasteiger partial charge in [-0.2, -0.15) is 0 Å². The Balaban J connectivity index is 1.52. The molecule has 0 fully saturated rings. The van der Waals surface area contributed by atoms with Gasteiger partial charge in [0.2, 0.25) is 0 Å². The summed E-state index contributed by atoms with van der Waals surface area (Å²) in [5, 5.41) is 10.1. The van der Waals surface area contributed by atoms with E-state index >= 15 is 0 Å². The van der Waals surface area contributed by atoms with E-state index in [9.17, 15) is 0 Å². The van der Waals surface area contributed by atoms with Crippen molar-refractivity contribution >= 4 is 65.2 Å². The van der Waals surface area contributed by atoms with Crippen molar-refractivity contribution in [2.75, 3.05) is 0 Å². The van der Waals surface area contributed by atoms with Crippen LogP contribution in [-0.4, -0.2) is 9.13 Å². The lowest BCUT2D eigenvalue weighted by Crippen LogP contribution is -1.95. The second kappa shape index (κ2) is 8.08. The molecule has 0 aliphatic heterocycles. The average Bonchev–Trinajstić information content (AvgIpc) is 3.50. The van der Waals surface area contributed by atoms with Gasteiger partial charge < -0.3 is 9.13 Å². The maximum atomic E-state index is 2.48. The predicted molar refractivity (Wildman–Crippen MR) is 170 cm³/mol. The summed E-state index contributed by atoms with van der Waals surface area (Å²) in [7, 11) is 0. The second-order valence-corrected chi connectivity index (χ2v) is 10.6. The normalized spacial score (nSPS) is 12.0. The maximum Gasteiger partial charge on any atom is 0.0549 e. The molecule has 0 amide bonds. The van der Waals surface area contributed by atoms with Crippen LogP contribution in [0.4, 0.5) is 0 Å². The van der Waals surface area contributed by atoms with Crippen molar-refractivity contribution in [3.63, 3.8) is 0 Å². The highest BCUT2D eigenvalue weighted by atomic mass is 15.0. The molecule has 2 aromatic heterocycles. The summed E-state index contributed by atoms with van der Waals surface area (Å²) in [4.78, 5) is 0. The van der Waals surface area contributed by atoms with Gasteiger partial charge in [0, 0.05) is 32.6 Å². The fraction of sp³-hybridized carbons (Fsp3) is 0. The van der Waals surface area contributed by atoms with E-state index in [4.69, 9.17) is 0 Å². The van der Waals surface area contributed by atoms with Crippen LogP contribution < -0.4 is 0 Å². The molecule has 0 aliphatic rings. The van der Waals surface area contributed by atoms with Crippen molar-refractivity contribution in [1.29, 1.82) is 0 Å². The van der Waals surface area contributed by atoms with Gasteiger partial charge in [0.1, 0.15) is 0 Å². The first-order chi connectivity index (χ1) is 19.8. The van der Waals surface area contributed by atoms with Crippen LogP contribution in [0.5, 0.6) is 0 Å². The molecule has 9 rings (SSSR count). The molecule has 7 aromatic carbocycles. The number of rotatable bonds is 2. The maximum absolute atomic E-state index is 2.48. The Bertz CT molecular complexity index is 2420. The van der Waals surface area contributed by atoms with Crippen LogP contribution in [-0.2, 0) is 0 Å². The third kappa shape index (κ3) is 2.93. The lowest BCUT2D eigenvalue weighted by atomic mass is 10.0. The number of hydrogen-bond donors (Lipinski definition) is 0. The SMILES string of the molecule is c1ccc(-n2c3ccccc3c3cc4c(cc32)c2cc3ccccc3cc2n4-c2cccc3ccccc23)cc1. The van der Waals surface area contributed by atoms with E-state index in [2.05, 4.69) is 155 Å². The predicted octanol–water partition coefficient (Wildman–Crippen LogP) is 10.2. The zero-order valence-electron chi connectivity index (χ0n) is 21.8. The van der Waals surface area contributed by atoms with Crippen molar-refractivity contribution < 1.29 is 0 Å². The molecule has 2 nitrogen and oxygen atoms in total. The molecule has 0 unspecified atom stereocenters. The monoisotopic (exact) mass is 508 g/mol. The van der Waals surface area contributed by atoms with Crippen molar-refractivity contribution in [2.24, 2.45) is 0 Å². The lowest BCUT2D eigenvalue weighted by molar-refractivity contribution is 1.18. The fourth-order valence-corrected chi connectivity index (χ4v) is 6.68. The van der Waals surface area contributed by atoms with E-state index in [1.54, 1.807) is 0 Å². The lowest BCUT2D eigenvalue weighted by Gasteiger charge is -2.12. The largest absolute Gasteiger partial charge is 0.309 e. The number of nitrogens with zero attached hydrogens (tertiary/aromatic N) is 2. The summed E-state index contributed by atoms with van der Waals surface area (Å²) in [6.45, 7) is 0. The number of para-hydroxylation sites is 2. The smallest absolute Gasteiger partial charge is 0.0549 e. The Hall–Kier alpha value is -5.34. The highest BCUT2D eigenvalue weighted by Crippen LogP contribution is 2.41. The van der Waals surface area contributed by atoms with Gasteiger partial charge in [-0.15, -0.1) is 0 Å². The number of hydrogen-bond acceptors (Lipinski definition) is 0. The third-order valence-electron chi connectivity index (χ3n) is 8.45. The summed E-state index contributed by atoms with van der Waals surface area (Å²) in [6.07, 6.45) is 0. The van der Waals surface area contributed by atoms with Gasteiger partial charge in [0.15, 0.2) is 0 Å². The molecular formula is C38H24N2. The molecule has 9 aromatic rings. The molecule has 0 saturated heterocycles. The minimum atomic E-state index is 1.18. The Morgan fingerprint density at radius 2 is 0.850 bits per heavy atom. The first kappa shape index (κ1) is 21.6. The quantitative estimate of drug-likeness (QED) is 0.220. The Kier molecular flexibility index (Phi) is 4.36. The number of aromatic nitrogens is 2. The van der Waals surface area contributed by atoms with Gasteiger partial charge in [-0.25, -0.2) is 0 Å². The van der Waals surface area contributed by atoms with Gasteiger partial charge in [-0.05, 0) is 64.7 Å². The topological polar surface area (TPSA) is 9.86 Å². The summed E-state index contributed by atoms with van der Waals surface area (Å²) in [5.74, 6) is 0. The minimum absolute atomic E-state index is 1.18. The van der Waals surface area contributed by atoms with Crippen molar-refractivity contribution in [2.45, 2.75) is 0 Å². The molecule has 2 heteroatoms. The van der Waals surface area contributed by atoms with E-state index in [0.29, 0.717) is 0 Å². The van der Waals surface area contributed by atoms with E-state index in [-0.39, 0.29) is 0 Å². The molecule has 0 aliphatic carbocycles. The Morgan fingerprint density at radius 1 is 0.300 bits per heavy atom. The molecule has 0 bridgehead atoms. The van der Waals surface area contributed by atoms with Crippen LogP contribution in [0.15, 0.2) is 146 Å². The highest BCUT2D eigenvalue weighted by molar-refractivity contribution is 6.21. The first-order valence-electron chi connectivity index (χ1n) is 13.8. The van der Waals surface area contributed by atoms with Crippen molar-refractivity contribution in [3.05, 3.63) is 146 Å². The molecular weight excluding hydrogens is 484 g/mol. The minimum Gasteiger partial charge on any atom is -0.309 e. The van der Waals surface area contributed by atoms with E-state index in [0.717, 1.165) is 0 Å². The van der Waals surface area contributed by atoms with Gasteiger partial charge in [-0.1, -0.05) is 97.1 Å². The molecule has 2 heterocycles. The van der Waals surface area contributed by atoms with Crippen LogP contribution in [0, 0.1) is 0 Å². The molecule has 186 valence electrons. The fourth-order valence-electron chi connectivity index (χ4n) is 6.68. The van der Waals surface area contributed by atoms with Gasteiger partial charge in [0.25, 0.3) is 0 Å². The summed E-state index contributed by atoms with van der Waals surface area (Å²) in [5.41, 5.74) is 7.29.